The number of aromatic nitrogens is 3. The number of aromatic amines is 1. The minimum Gasteiger partial charge on any atom is -0.319 e. The lowest BCUT2D eigenvalue weighted by Crippen LogP contribution is -2.09. The normalized spacial score (nSPS) is 9.71. The van der Waals surface area contributed by atoms with Crippen LogP contribution in [0.4, 0.5) is 4.39 Å². The van der Waals surface area contributed by atoms with E-state index in [0.717, 1.165) is 0 Å². The summed E-state index contributed by atoms with van der Waals surface area (Å²) in [6.45, 7) is 0. The van der Waals surface area contributed by atoms with Crippen LogP contribution in [0.1, 0.15) is 0 Å². The molecular formula is C11H8FN3OS. The highest BCUT2D eigenvalue weighted by atomic mass is 32.1. The van der Waals surface area contributed by atoms with Crippen LogP contribution in [0.3, 0.4) is 0 Å². The Labute approximate surface area is 99.9 Å². The second-order valence-electron chi connectivity index (χ2n) is 3.12. The number of benzene rings is 1. The average molecular weight is 249 g/mol. The maximum absolute atomic E-state index is 12.7. The summed E-state index contributed by atoms with van der Waals surface area (Å²) in [5.41, 5.74) is -0.0161. The lowest BCUT2D eigenvalue weighted by atomic mass is 10.2. The smallest absolute Gasteiger partial charge is 0.284 e. The summed E-state index contributed by atoms with van der Waals surface area (Å²) in [5, 5.41) is 6.01. The van der Waals surface area contributed by atoms with E-state index in [0.29, 0.717) is 10.9 Å². The molecule has 0 atom stereocenters. The summed E-state index contributed by atoms with van der Waals surface area (Å²) in [4.78, 5) is 13.2. The Morgan fingerprint density at radius 3 is 2.76 bits per heavy atom. The molecule has 0 aliphatic rings. The van der Waals surface area contributed by atoms with Gasteiger partial charge in [-0.3, -0.25) is 4.79 Å². The van der Waals surface area contributed by atoms with E-state index in [-0.39, 0.29) is 0 Å². The van der Waals surface area contributed by atoms with Gasteiger partial charge in [-0.1, -0.05) is 22.7 Å². The van der Waals surface area contributed by atoms with Crippen LogP contribution < -0.4 is 5.56 Å². The molecule has 0 fully saturated rings. The number of H-pyrrole nitrogens is 1. The Bertz CT molecular complexity index is 634. The van der Waals surface area contributed by atoms with Gasteiger partial charge < -0.3 is 4.98 Å². The van der Waals surface area contributed by atoms with E-state index in [2.05, 4.69) is 14.6 Å². The zero-order valence-corrected chi connectivity index (χ0v) is 9.45. The fraction of sp³-hybridized carbons (Fsp3) is 0. The monoisotopic (exact) mass is 249 g/mol. The van der Waals surface area contributed by atoms with Crippen LogP contribution in [0.25, 0.3) is 10.9 Å². The molecule has 2 aromatic heterocycles. The van der Waals surface area contributed by atoms with Gasteiger partial charge in [0, 0.05) is 16.3 Å². The first-order valence-corrected chi connectivity index (χ1v) is 5.59. The molecule has 0 amide bonds. The molecule has 3 aromatic rings. The standard InChI is InChI=1S/C9H6FNO.C2H2N2S/c10-7-5-6-3-1-2-4-8(6)11-9(7)12;1-2-5-4-3-1/h1-5H,(H,11,12);1-2H. The van der Waals surface area contributed by atoms with Crippen LogP contribution in [0.2, 0.25) is 0 Å². The maximum Gasteiger partial charge on any atom is 0.284 e. The van der Waals surface area contributed by atoms with Crippen molar-refractivity contribution < 1.29 is 4.39 Å². The van der Waals surface area contributed by atoms with E-state index in [4.69, 9.17) is 0 Å². The number of nitrogens with zero attached hydrogens (tertiary/aromatic N) is 2. The highest BCUT2D eigenvalue weighted by Crippen LogP contribution is 2.08. The molecule has 4 nitrogen and oxygen atoms in total. The summed E-state index contributed by atoms with van der Waals surface area (Å²) in [6, 6.07) is 8.29. The van der Waals surface area contributed by atoms with E-state index < -0.39 is 11.4 Å². The molecule has 6 heteroatoms. The largest absolute Gasteiger partial charge is 0.319 e. The molecule has 3 rings (SSSR count). The predicted molar refractivity (Wildman–Crippen MR) is 64.4 cm³/mol. The van der Waals surface area contributed by atoms with Crippen molar-refractivity contribution in [3.63, 3.8) is 0 Å². The summed E-state index contributed by atoms with van der Waals surface area (Å²) < 4.78 is 16.2. The van der Waals surface area contributed by atoms with Gasteiger partial charge in [0.2, 0.25) is 0 Å². The molecule has 86 valence electrons. The molecule has 0 spiro atoms. The third-order valence-electron chi connectivity index (χ3n) is 1.99. The first kappa shape index (κ1) is 11.4. The van der Waals surface area contributed by atoms with Crippen LogP contribution in [0, 0.1) is 5.82 Å². The molecular weight excluding hydrogens is 241 g/mol. The second kappa shape index (κ2) is 5.31. The molecule has 0 saturated carbocycles. The van der Waals surface area contributed by atoms with E-state index in [9.17, 15) is 9.18 Å². The zero-order chi connectivity index (χ0) is 12.1. The predicted octanol–water partition coefficient (Wildman–Crippen LogP) is 2.21. The van der Waals surface area contributed by atoms with Crippen molar-refractivity contribution in [2.45, 2.75) is 0 Å². The average Bonchev–Trinajstić information content (AvgIpc) is 2.89. The summed E-state index contributed by atoms with van der Waals surface area (Å²) in [6.07, 6.45) is 1.66. The van der Waals surface area contributed by atoms with Gasteiger partial charge in [-0.15, -0.1) is 5.10 Å². The summed E-state index contributed by atoms with van der Waals surface area (Å²) in [7, 11) is 0. The Balaban J connectivity index is 0.000000181. The molecule has 0 bridgehead atoms. The van der Waals surface area contributed by atoms with E-state index >= 15 is 0 Å². The van der Waals surface area contributed by atoms with Crippen molar-refractivity contribution in [3.05, 3.63) is 58.1 Å². The van der Waals surface area contributed by atoms with Crippen molar-refractivity contribution in [2.24, 2.45) is 0 Å². The van der Waals surface area contributed by atoms with E-state index in [1.54, 1.807) is 30.5 Å². The van der Waals surface area contributed by atoms with Gasteiger partial charge in [-0.2, -0.15) is 0 Å². The van der Waals surface area contributed by atoms with Gasteiger partial charge in [-0.25, -0.2) is 4.39 Å². The van der Waals surface area contributed by atoms with Crippen LogP contribution in [0.15, 0.2) is 46.7 Å². The fourth-order valence-electron chi connectivity index (χ4n) is 1.26. The number of para-hydroxylation sites is 1. The number of nitrogens with one attached hydrogen (secondary N) is 1. The third kappa shape index (κ3) is 2.94. The first-order chi connectivity index (χ1) is 8.27. The fourth-order valence-corrected chi connectivity index (χ4v) is 1.53. The topological polar surface area (TPSA) is 58.6 Å². The number of hydrogen-bond donors (Lipinski definition) is 1. The molecule has 0 aliphatic carbocycles. The first-order valence-electron chi connectivity index (χ1n) is 4.76. The Morgan fingerprint density at radius 2 is 2.12 bits per heavy atom. The number of fused-ring (bicyclic) bond motifs is 1. The molecule has 2 heterocycles. The van der Waals surface area contributed by atoms with Gasteiger partial charge in [-0.05, 0) is 23.7 Å². The molecule has 0 radical (unpaired) electrons. The molecule has 0 unspecified atom stereocenters. The van der Waals surface area contributed by atoms with Gasteiger partial charge in [0.15, 0.2) is 5.82 Å². The minimum atomic E-state index is -0.742. The third-order valence-corrected chi connectivity index (χ3v) is 2.42. The van der Waals surface area contributed by atoms with Gasteiger partial charge in [0.05, 0.1) is 6.20 Å². The zero-order valence-electron chi connectivity index (χ0n) is 8.63. The molecule has 17 heavy (non-hydrogen) atoms. The lowest BCUT2D eigenvalue weighted by molar-refractivity contribution is 0.612. The van der Waals surface area contributed by atoms with Crippen LogP contribution in [-0.2, 0) is 0 Å². The van der Waals surface area contributed by atoms with Gasteiger partial charge in [0.25, 0.3) is 5.56 Å². The Hall–Kier alpha value is -2.08. The van der Waals surface area contributed by atoms with Crippen molar-refractivity contribution in [1.29, 1.82) is 0 Å². The van der Waals surface area contributed by atoms with Gasteiger partial charge in [0.1, 0.15) is 0 Å². The van der Waals surface area contributed by atoms with Crippen molar-refractivity contribution >= 4 is 22.4 Å². The highest BCUT2D eigenvalue weighted by Gasteiger charge is 1.98. The van der Waals surface area contributed by atoms with E-state index in [1.165, 1.54) is 17.6 Å². The van der Waals surface area contributed by atoms with Crippen LogP contribution in [0.5, 0.6) is 0 Å². The number of halogens is 1. The van der Waals surface area contributed by atoms with Crippen molar-refractivity contribution in [3.8, 4) is 0 Å². The van der Waals surface area contributed by atoms with Gasteiger partial charge >= 0.3 is 0 Å². The number of rotatable bonds is 0. The van der Waals surface area contributed by atoms with Crippen LogP contribution in [-0.4, -0.2) is 14.6 Å². The molecule has 1 N–H and O–H groups in total. The maximum atomic E-state index is 12.7. The summed E-state index contributed by atoms with van der Waals surface area (Å²) in [5.74, 6) is -0.742. The van der Waals surface area contributed by atoms with Crippen LogP contribution >= 0.6 is 11.5 Å². The quantitative estimate of drug-likeness (QED) is 0.664. The minimum absolute atomic E-state index is 0.656. The number of pyridine rings is 1. The van der Waals surface area contributed by atoms with Crippen molar-refractivity contribution in [2.75, 3.05) is 0 Å². The molecule has 0 saturated heterocycles. The SMILES string of the molecule is O=c1[nH]c2ccccc2cc1F.c1csnn1. The Kier molecular flexibility index (Phi) is 3.56. The second-order valence-corrected chi connectivity index (χ2v) is 3.77. The summed E-state index contributed by atoms with van der Waals surface area (Å²) >= 11 is 1.35. The Morgan fingerprint density at radius 1 is 1.29 bits per heavy atom. The van der Waals surface area contributed by atoms with E-state index in [1.807, 2.05) is 5.38 Å². The molecule has 1 aromatic carbocycles. The lowest BCUT2D eigenvalue weighted by Gasteiger charge is -1.95. The van der Waals surface area contributed by atoms with Crippen molar-refractivity contribution in [1.82, 2.24) is 14.6 Å². The molecule has 0 aliphatic heterocycles. The number of hydrogen-bond acceptors (Lipinski definition) is 4. The highest BCUT2D eigenvalue weighted by molar-refractivity contribution is 7.03.